The number of halogens is 5. The molecule has 2 aliphatic rings. The molecule has 2 aromatic rings. The number of aliphatic carboxylic acids is 1. The van der Waals surface area contributed by atoms with Crippen LogP contribution in [0, 0.1) is 11.6 Å². The molecular weight excluding hydrogens is 541 g/mol. The second kappa shape index (κ2) is 11.9. The molecule has 2 aromatic carbocycles. The smallest absolute Gasteiger partial charge is 0.430 e. The predicted molar refractivity (Wildman–Crippen MR) is 134 cm³/mol. The minimum absolute atomic E-state index is 0.00219. The normalized spacial score (nSPS) is 23.2. The first-order chi connectivity index (χ1) is 18.6. The number of ether oxygens (including phenoxy) is 2. The first-order valence-corrected chi connectivity index (χ1v) is 12.5. The number of likely N-dealkylation sites (tertiary alicyclic amines) is 1. The van der Waals surface area contributed by atoms with Gasteiger partial charge in [0.25, 0.3) is 0 Å². The van der Waals surface area contributed by atoms with E-state index in [4.69, 9.17) is 19.4 Å². The number of anilines is 1. The number of carbonyl (C=O) groups excluding carboxylic acids is 2. The number of hydrogen-bond donors (Lipinski definition) is 2. The number of rotatable bonds is 5. The SMILES string of the molecule is COc1ccc([C@@]23CC[C@@H](NC(=O)Nc4ccc(F)c(F)c4)C[C@@H]2[N+](C)(C)CC3)cc1OC.O=C([O-])C(F)(F)F. The first-order valence-electron chi connectivity index (χ1n) is 12.5. The second-order valence-electron chi connectivity index (χ2n) is 10.5. The number of methoxy groups -OCH3 is 2. The lowest BCUT2D eigenvalue weighted by Crippen LogP contribution is -2.57. The number of nitrogens with zero attached hydrogens (tertiary/aromatic N) is 1. The molecule has 13 heteroatoms. The van der Waals surface area contributed by atoms with Gasteiger partial charge in [-0.25, -0.2) is 13.6 Å². The van der Waals surface area contributed by atoms with Gasteiger partial charge in [-0.15, -0.1) is 0 Å². The van der Waals surface area contributed by atoms with Crippen LogP contribution < -0.4 is 25.2 Å². The van der Waals surface area contributed by atoms with E-state index in [-0.39, 0.29) is 17.1 Å². The third kappa shape index (κ3) is 6.75. The van der Waals surface area contributed by atoms with E-state index in [1.54, 1.807) is 14.2 Å². The van der Waals surface area contributed by atoms with Crippen molar-refractivity contribution in [1.29, 1.82) is 0 Å². The van der Waals surface area contributed by atoms with Gasteiger partial charge in [0, 0.05) is 30.6 Å². The maximum absolute atomic E-state index is 13.5. The molecule has 220 valence electrons. The molecule has 3 atom stereocenters. The van der Waals surface area contributed by atoms with Crippen LogP contribution in [0.3, 0.4) is 0 Å². The third-order valence-corrected chi connectivity index (χ3v) is 7.77. The molecule has 1 heterocycles. The lowest BCUT2D eigenvalue weighted by molar-refractivity contribution is -0.905. The van der Waals surface area contributed by atoms with Gasteiger partial charge in [0.2, 0.25) is 0 Å². The molecule has 0 bridgehead atoms. The molecule has 1 saturated carbocycles. The number of likely N-dealkylation sites (N-methyl/N-ethyl adjacent to an activating group) is 1. The summed E-state index contributed by atoms with van der Waals surface area (Å²) in [4.78, 5) is 21.3. The zero-order valence-electron chi connectivity index (χ0n) is 22.5. The Labute approximate surface area is 228 Å². The van der Waals surface area contributed by atoms with Crippen LogP contribution in [0.2, 0.25) is 0 Å². The summed E-state index contributed by atoms with van der Waals surface area (Å²) in [6, 6.07) is 9.44. The van der Waals surface area contributed by atoms with E-state index in [0.717, 1.165) is 54.6 Å². The van der Waals surface area contributed by atoms with Crippen molar-refractivity contribution in [2.24, 2.45) is 0 Å². The fraction of sp³-hybridized carbons (Fsp3) is 0.481. The van der Waals surface area contributed by atoms with Crippen LogP contribution in [0.4, 0.5) is 32.4 Å². The molecule has 0 radical (unpaired) electrons. The van der Waals surface area contributed by atoms with Crippen molar-refractivity contribution in [3.05, 3.63) is 53.6 Å². The molecule has 2 fully saturated rings. The Morgan fingerprint density at radius 1 is 1.00 bits per heavy atom. The maximum atomic E-state index is 13.5. The number of urea groups is 1. The van der Waals surface area contributed by atoms with Gasteiger partial charge in [-0.1, -0.05) is 6.07 Å². The molecule has 8 nitrogen and oxygen atoms in total. The fourth-order valence-electron chi connectivity index (χ4n) is 5.79. The molecule has 0 spiro atoms. The highest BCUT2D eigenvalue weighted by molar-refractivity contribution is 5.89. The molecule has 1 aliphatic heterocycles. The van der Waals surface area contributed by atoms with E-state index in [9.17, 15) is 26.7 Å². The van der Waals surface area contributed by atoms with Crippen molar-refractivity contribution < 1.29 is 50.6 Å². The van der Waals surface area contributed by atoms with E-state index in [1.807, 2.05) is 6.07 Å². The Morgan fingerprint density at radius 2 is 1.65 bits per heavy atom. The summed E-state index contributed by atoms with van der Waals surface area (Å²) >= 11 is 0. The van der Waals surface area contributed by atoms with E-state index < -0.39 is 29.8 Å². The fourth-order valence-corrected chi connectivity index (χ4v) is 5.79. The van der Waals surface area contributed by atoms with E-state index >= 15 is 0 Å². The number of fused-ring (bicyclic) bond motifs is 1. The number of alkyl halides is 3. The highest BCUT2D eigenvalue weighted by Crippen LogP contribution is 2.52. The second-order valence-corrected chi connectivity index (χ2v) is 10.5. The average Bonchev–Trinajstić information content (AvgIpc) is 3.16. The number of hydrogen-bond acceptors (Lipinski definition) is 5. The number of benzene rings is 2. The van der Waals surface area contributed by atoms with Gasteiger partial charge < -0.3 is 34.5 Å². The van der Waals surface area contributed by atoms with Crippen molar-refractivity contribution in [3.8, 4) is 11.5 Å². The summed E-state index contributed by atoms with van der Waals surface area (Å²) in [6.07, 6.45) is -1.54. The number of carboxylic acid groups (broad SMARTS) is 1. The summed E-state index contributed by atoms with van der Waals surface area (Å²) in [5, 5.41) is 14.4. The number of nitrogens with one attached hydrogen (secondary N) is 2. The monoisotopic (exact) mass is 573 g/mol. The zero-order chi connectivity index (χ0) is 29.9. The van der Waals surface area contributed by atoms with Crippen LogP contribution in [0.5, 0.6) is 11.5 Å². The molecule has 0 unspecified atom stereocenters. The quantitative estimate of drug-likeness (QED) is 0.420. The Kier molecular flexibility index (Phi) is 9.17. The number of carbonyl (C=O) groups is 2. The first kappa shape index (κ1) is 30.9. The standard InChI is InChI=1S/C25H31F2N3O3.C2HF3O2/c1-30(2)12-11-25(16-5-8-21(32-3)22(13-16)33-4)10-9-18(15-23(25)30)29-24(31)28-17-6-7-19(26)20(27)14-17;3-2(4,5)1(6)7/h5-8,13-14,18,23H,9-12,15H2,1-4H3,(H-,28,29,31);(H,6,7)/t18-,23+,25+;/m1./s1. The molecule has 2 N–H and O–H groups in total. The van der Waals surface area contributed by atoms with Gasteiger partial charge in [0.15, 0.2) is 23.1 Å². The van der Waals surface area contributed by atoms with Gasteiger partial charge >= 0.3 is 12.2 Å². The number of carboxylic acids is 1. The van der Waals surface area contributed by atoms with Crippen LogP contribution in [-0.2, 0) is 10.2 Å². The Bertz CT molecular complexity index is 1240. The molecule has 2 amide bonds. The maximum Gasteiger partial charge on any atom is 0.430 e. The summed E-state index contributed by atoms with van der Waals surface area (Å²) < 4.78 is 70.0. The molecular formula is C27H32F5N3O5. The minimum Gasteiger partial charge on any atom is -0.542 e. The van der Waals surface area contributed by atoms with Crippen molar-refractivity contribution in [1.82, 2.24) is 5.32 Å². The predicted octanol–water partition coefficient (Wildman–Crippen LogP) is 3.74. The van der Waals surface area contributed by atoms with Crippen LogP contribution in [0.1, 0.15) is 31.2 Å². The largest absolute Gasteiger partial charge is 0.542 e. The lowest BCUT2D eigenvalue weighted by Gasteiger charge is -2.46. The van der Waals surface area contributed by atoms with Crippen LogP contribution in [0.15, 0.2) is 36.4 Å². The summed E-state index contributed by atoms with van der Waals surface area (Å²) in [5.74, 6) is -3.50. The molecule has 1 saturated heterocycles. The Hall–Kier alpha value is -3.61. The van der Waals surface area contributed by atoms with Crippen molar-refractivity contribution in [2.75, 3.05) is 40.2 Å². The van der Waals surface area contributed by atoms with Crippen molar-refractivity contribution >= 4 is 17.7 Å². The van der Waals surface area contributed by atoms with Crippen LogP contribution in [-0.4, -0.2) is 69.6 Å². The van der Waals surface area contributed by atoms with Crippen molar-refractivity contribution in [3.63, 3.8) is 0 Å². The average molecular weight is 574 g/mol. The van der Waals surface area contributed by atoms with E-state index in [1.165, 1.54) is 11.6 Å². The molecule has 0 aromatic heterocycles. The van der Waals surface area contributed by atoms with Gasteiger partial charge in [0.05, 0.1) is 40.3 Å². The van der Waals surface area contributed by atoms with E-state index in [2.05, 4.69) is 36.9 Å². The van der Waals surface area contributed by atoms with Gasteiger partial charge in [-0.05, 0) is 42.7 Å². The molecule has 1 aliphatic carbocycles. The van der Waals surface area contributed by atoms with Crippen LogP contribution in [0.25, 0.3) is 0 Å². The highest BCUT2D eigenvalue weighted by atomic mass is 19.4. The van der Waals surface area contributed by atoms with Crippen molar-refractivity contribution in [2.45, 2.75) is 49.4 Å². The lowest BCUT2D eigenvalue weighted by atomic mass is 9.64. The number of quaternary nitrogens is 1. The van der Waals surface area contributed by atoms with E-state index in [0.29, 0.717) is 11.8 Å². The Balaban J connectivity index is 0.000000559. The minimum atomic E-state index is -5.19. The van der Waals surface area contributed by atoms with Gasteiger partial charge in [0.1, 0.15) is 12.0 Å². The van der Waals surface area contributed by atoms with Gasteiger partial charge in [-0.3, -0.25) is 0 Å². The zero-order valence-corrected chi connectivity index (χ0v) is 22.5. The number of amides is 2. The topological polar surface area (TPSA) is 99.7 Å². The molecule has 40 heavy (non-hydrogen) atoms. The Morgan fingerprint density at radius 3 is 2.23 bits per heavy atom. The molecule has 4 rings (SSSR count). The summed E-state index contributed by atoms with van der Waals surface area (Å²) in [5.41, 5.74) is 1.47. The van der Waals surface area contributed by atoms with Crippen LogP contribution >= 0.6 is 0 Å². The summed E-state index contributed by atoms with van der Waals surface area (Å²) in [7, 11) is 7.78. The third-order valence-electron chi connectivity index (χ3n) is 7.77. The highest BCUT2D eigenvalue weighted by Gasteiger charge is 2.57. The summed E-state index contributed by atoms with van der Waals surface area (Å²) in [6.45, 7) is 1.05. The van der Waals surface area contributed by atoms with Gasteiger partial charge in [-0.2, -0.15) is 13.2 Å².